The van der Waals surface area contributed by atoms with E-state index in [1.807, 2.05) is 38.1 Å². The molecular weight excluding hydrogens is 288 g/mol. The van der Waals surface area contributed by atoms with Gasteiger partial charge in [0.1, 0.15) is 0 Å². The average molecular weight is 312 g/mol. The van der Waals surface area contributed by atoms with Crippen molar-refractivity contribution in [1.82, 2.24) is 4.31 Å². The summed E-state index contributed by atoms with van der Waals surface area (Å²) >= 11 is 0. The standard InChI is InChI=1S/C15H24N2O3S/c1-3-17(15-6-4-5-13(2)11-15)21(19,20)16-9-7-14(12-18)8-10-16/h4-6,11,14,18H,3,7-10,12H2,1-2H3. The number of aryl methyl sites for hydroxylation is 1. The van der Waals surface area contributed by atoms with Gasteiger partial charge in [-0.05, 0) is 50.3 Å². The first-order valence-electron chi connectivity index (χ1n) is 7.44. The van der Waals surface area contributed by atoms with Crippen LogP contribution in [0.5, 0.6) is 0 Å². The first-order chi connectivity index (χ1) is 9.98. The van der Waals surface area contributed by atoms with E-state index in [0.717, 1.165) is 18.4 Å². The Labute approximate surface area is 127 Å². The minimum Gasteiger partial charge on any atom is -0.396 e. The van der Waals surface area contributed by atoms with Crippen LogP contribution in [0.4, 0.5) is 5.69 Å². The number of piperidine rings is 1. The van der Waals surface area contributed by atoms with Crippen molar-refractivity contribution in [2.24, 2.45) is 5.92 Å². The third-order valence-corrected chi connectivity index (χ3v) is 6.06. The molecule has 0 saturated carbocycles. The van der Waals surface area contributed by atoms with Gasteiger partial charge < -0.3 is 5.11 Å². The van der Waals surface area contributed by atoms with E-state index in [2.05, 4.69) is 0 Å². The van der Waals surface area contributed by atoms with Gasteiger partial charge in [0.15, 0.2) is 0 Å². The average Bonchev–Trinajstić information content (AvgIpc) is 2.48. The predicted octanol–water partition coefficient (Wildman–Crippen LogP) is 1.77. The number of hydrogen-bond donors (Lipinski definition) is 1. The number of nitrogens with zero attached hydrogens (tertiary/aromatic N) is 2. The maximum absolute atomic E-state index is 12.8. The molecule has 118 valence electrons. The molecule has 21 heavy (non-hydrogen) atoms. The molecule has 0 amide bonds. The quantitative estimate of drug-likeness (QED) is 0.901. The molecule has 1 saturated heterocycles. The van der Waals surface area contributed by atoms with Gasteiger partial charge in [-0.15, -0.1) is 0 Å². The van der Waals surface area contributed by atoms with Crippen LogP contribution in [-0.2, 0) is 10.2 Å². The predicted molar refractivity (Wildman–Crippen MR) is 84.5 cm³/mol. The fourth-order valence-corrected chi connectivity index (χ4v) is 4.38. The van der Waals surface area contributed by atoms with Gasteiger partial charge in [0.25, 0.3) is 0 Å². The molecule has 0 radical (unpaired) electrons. The number of aliphatic hydroxyl groups excluding tert-OH is 1. The van der Waals surface area contributed by atoms with E-state index in [-0.39, 0.29) is 12.5 Å². The molecule has 1 fully saturated rings. The second-order valence-corrected chi connectivity index (χ2v) is 7.39. The zero-order valence-electron chi connectivity index (χ0n) is 12.7. The molecule has 1 aromatic carbocycles. The number of anilines is 1. The van der Waals surface area contributed by atoms with Gasteiger partial charge in [0.2, 0.25) is 0 Å². The fraction of sp³-hybridized carbons (Fsp3) is 0.600. The van der Waals surface area contributed by atoms with Gasteiger partial charge in [0, 0.05) is 26.2 Å². The summed E-state index contributed by atoms with van der Waals surface area (Å²) in [5.74, 6) is 0.227. The second-order valence-electron chi connectivity index (χ2n) is 5.54. The molecule has 5 nitrogen and oxygen atoms in total. The van der Waals surface area contributed by atoms with Gasteiger partial charge in [0.05, 0.1) is 5.69 Å². The van der Waals surface area contributed by atoms with E-state index in [1.54, 1.807) is 0 Å². The van der Waals surface area contributed by atoms with Crippen LogP contribution in [0.15, 0.2) is 24.3 Å². The van der Waals surface area contributed by atoms with E-state index < -0.39 is 10.2 Å². The summed E-state index contributed by atoms with van der Waals surface area (Å²) in [7, 11) is -3.49. The molecule has 1 heterocycles. The van der Waals surface area contributed by atoms with Crippen LogP contribution < -0.4 is 4.31 Å². The van der Waals surface area contributed by atoms with E-state index in [4.69, 9.17) is 5.11 Å². The molecule has 2 rings (SSSR count). The van der Waals surface area contributed by atoms with Crippen LogP contribution in [0.2, 0.25) is 0 Å². The minimum absolute atomic E-state index is 0.142. The summed E-state index contributed by atoms with van der Waals surface area (Å²) < 4.78 is 28.6. The molecule has 1 aliphatic rings. The van der Waals surface area contributed by atoms with Crippen molar-refractivity contribution in [1.29, 1.82) is 0 Å². The third kappa shape index (κ3) is 3.56. The SMILES string of the molecule is CCN(c1cccc(C)c1)S(=O)(=O)N1CCC(CO)CC1. The van der Waals surface area contributed by atoms with Gasteiger partial charge in [-0.2, -0.15) is 12.7 Å². The number of aliphatic hydroxyl groups is 1. The van der Waals surface area contributed by atoms with Crippen LogP contribution in [0.25, 0.3) is 0 Å². The molecule has 0 unspecified atom stereocenters. The van der Waals surface area contributed by atoms with Crippen molar-refractivity contribution >= 4 is 15.9 Å². The summed E-state index contributed by atoms with van der Waals surface area (Å²) in [4.78, 5) is 0. The Kier molecular flexibility index (Phi) is 5.24. The largest absolute Gasteiger partial charge is 0.396 e. The zero-order valence-corrected chi connectivity index (χ0v) is 13.5. The lowest BCUT2D eigenvalue weighted by Crippen LogP contribution is -2.47. The summed E-state index contributed by atoms with van der Waals surface area (Å²) in [6.45, 7) is 5.32. The highest BCUT2D eigenvalue weighted by atomic mass is 32.2. The van der Waals surface area contributed by atoms with E-state index in [0.29, 0.717) is 25.3 Å². The van der Waals surface area contributed by atoms with Gasteiger partial charge in [-0.3, -0.25) is 4.31 Å². The molecule has 1 aromatic rings. The van der Waals surface area contributed by atoms with Crippen molar-refractivity contribution < 1.29 is 13.5 Å². The Morgan fingerprint density at radius 2 is 2.00 bits per heavy atom. The van der Waals surface area contributed by atoms with Crippen LogP contribution >= 0.6 is 0 Å². The molecule has 0 aliphatic carbocycles. The molecule has 0 aromatic heterocycles. The highest BCUT2D eigenvalue weighted by Crippen LogP contribution is 2.25. The van der Waals surface area contributed by atoms with Gasteiger partial charge in [-0.25, -0.2) is 0 Å². The topological polar surface area (TPSA) is 60.9 Å². The highest BCUT2D eigenvalue weighted by Gasteiger charge is 2.32. The summed E-state index contributed by atoms with van der Waals surface area (Å²) in [6, 6.07) is 7.55. The van der Waals surface area contributed by atoms with Crippen LogP contribution in [-0.4, -0.2) is 44.1 Å². The van der Waals surface area contributed by atoms with E-state index >= 15 is 0 Å². The van der Waals surface area contributed by atoms with E-state index in [1.165, 1.54) is 8.61 Å². The van der Waals surface area contributed by atoms with Crippen LogP contribution in [0, 0.1) is 12.8 Å². The maximum atomic E-state index is 12.8. The lowest BCUT2D eigenvalue weighted by molar-refractivity contribution is 0.170. The smallest absolute Gasteiger partial charge is 0.304 e. The van der Waals surface area contributed by atoms with Crippen molar-refractivity contribution in [3.05, 3.63) is 29.8 Å². The monoisotopic (exact) mass is 312 g/mol. The Morgan fingerprint density at radius 3 is 2.52 bits per heavy atom. The molecule has 6 heteroatoms. The summed E-state index contributed by atoms with van der Waals surface area (Å²) in [5, 5.41) is 9.17. The first-order valence-corrected chi connectivity index (χ1v) is 8.84. The maximum Gasteiger partial charge on any atom is 0.304 e. The second kappa shape index (κ2) is 6.77. The normalized spacial score (nSPS) is 17.9. The summed E-state index contributed by atoms with van der Waals surface area (Å²) in [6.07, 6.45) is 1.45. The Morgan fingerprint density at radius 1 is 1.33 bits per heavy atom. The number of benzene rings is 1. The third-order valence-electron chi connectivity index (χ3n) is 4.01. The van der Waals surface area contributed by atoms with Crippen molar-refractivity contribution in [2.45, 2.75) is 26.7 Å². The minimum atomic E-state index is -3.49. The fourth-order valence-electron chi connectivity index (χ4n) is 2.72. The molecule has 1 N–H and O–H groups in total. The Balaban J connectivity index is 2.20. The molecule has 0 spiro atoms. The highest BCUT2D eigenvalue weighted by molar-refractivity contribution is 7.90. The van der Waals surface area contributed by atoms with Crippen molar-refractivity contribution in [2.75, 3.05) is 30.5 Å². The zero-order chi connectivity index (χ0) is 15.5. The number of hydrogen-bond acceptors (Lipinski definition) is 3. The molecule has 0 atom stereocenters. The van der Waals surface area contributed by atoms with Gasteiger partial charge in [-0.1, -0.05) is 12.1 Å². The van der Waals surface area contributed by atoms with Crippen molar-refractivity contribution in [3.8, 4) is 0 Å². The van der Waals surface area contributed by atoms with Gasteiger partial charge >= 0.3 is 10.2 Å². The Bertz CT molecular complexity index is 566. The lowest BCUT2D eigenvalue weighted by atomic mass is 10.00. The molecular formula is C15H24N2O3S. The Hall–Kier alpha value is -1.11. The van der Waals surface area contributed by atoms with Crippen molar-refractivity contribution in [3.63, 3.8) is 0 Å². The molecule has 1 aliphatic heterocycles. The molecule has 0 bridgehead atoms. The first kappa shape index (κ1) is 16.3. The van der Waals surface area contributed by atoms with Crippen LogP contribution in [0.1, 0.15) is 25.3 Å². The van der Waals surface area contributed by atoms with E-state index in [9.17, 15) is 8.42 Å². The van der Waals surface area contributed by atoms with Crippen LogP contribution in [0.3, 0.4) is 0 Å². The number of rotatable bonds is 5. The lowest BCUT2D eigenvalue weighted by Gasteiger charge is -2.35. The summed E-state index contributed by atoms with van der Waals surface area (Å²) in [5.41, 5.74) is 1.75.